The van der Waals surface area contributed by atoms with E-state index >= 15 is 0 Å². The van der Waals surface area contributed by atoms with Crippen LogP contribution in [0.5, 0.6) is 0 Å². The van der Waals surface area contributed by atoms with Crippen LogP contribution in [0.2, 0.25) is 0 Å². The fourth-order valence-corrected chi connectivity index (χ4v) is 0. The largest absolute Gasteiger partial charge is 2.00 e. The van der Waals surface area contributed by atoms with Crippen LogP contribution < -0.4 is 0 Å². The van der Waals surface area contributed by atoms with Gasteiger partial charge in [-0.3, -0.25) is 27.3 Å². The summed E-state index contributed by atoms with van der Waals surface area (Å²) in [5, 5.41) is 0. The molecule has 0 aliphatic carbocycles. The summed E-state index contributed by atoms with van der Waals surface area (Å²) >= 11 is -5.22. The van der Waals surface area contributed by atoms with Crippen molar-refractivity contribution in [3.63, 3.8) is 0 Å². The first kappa shape index (κ1) is 26.1. The molecule has 6 N–H and O–H groups in total. The van der Waals surface area contributed by atoms with Gasteiger partial charge in [-0.25, -0.2) is 4.21 Å². The Morgan fingerprint density at radius 1 is 0.812 bits per heavy atom. The van der Waals surface area contributed by atoms with Crippen molar-refractivity contribution in [2.45, 2.75) is 0 Å². The second-order valence-corrected chi connectivity index (χ2v) is 5.44. The van der Waals surface area contributed by atoms with Crippen LogP contribution in [0.15, 0.2) is 0 Å². The normalized spacial score (nSPS) is 11.5. The zero-order valence-electron chi connectivity index (χ0n) is 9.06. The SMILES string of the molecule is O=S(O)O.O=S(O)O.O=S(O)S(=O)(=O)O.[Ca+2].[H-].[H-]. The van der Waals surface area contributed by atoms with Crippen LogP contribution in [-0.2, 0) is 42.0 Å². The Morgan fingerprint density at radius 2 is 0.875 bits per heavy atom. The van der Waals surface area contributed by atoms with Gasteiger partial charge in [0.25, 0.3) is 22.7 Å². The van der Waals surface area contributed by atoms with Crippen molar-refractivity contribution in [2.75, 3.05) is 0 Å². The third-order valence-corrected chi connectivity index (χ3v) is 1.62. The average molecular weight is 352 g/mol. The van der Waals surface area contributed by atoms with Crippen LogP contribution in [0.3, 0.4) is 0 Å². The van der Waals surface area contributed by atoms with E-state index in [1.807, 2.05) is 0 Å². The smallest absolute Gasteiger partial charge is 1.00 e. The van der Waals surface area contributed by atoms with Gasteiger partial charge in [0.1, 0.15) is 0 Å². The van der Waals surface area contributed by atoms with Crippen molar-refractivity contribution in [1.29, 1.82) is 0 Å². The van der Waals surface area contributed by atoms with Crippen LogP contribution in [0.4, 0.5) is 0 Å². The molecule has 0 aromatic rings. The van der Waals surface area contributed by atoms with Crippen molar-refractivity contribution in [2.24, 2.45) is 0 Å². The molecule has 1 unspecified atom stereocenters. The van der Waals surface area contributed by atoms with Crippen molar-refractivity contribution in [1.82, 2.24) is 0 Å². The molecule has 0 saturated carbocycles. The Kier molecular flexibility index (Phi) is 23.6. The quantitative estimate of drug-likeness (QED) is 0.134. The predicted molar refractivity (Wildman–Crippen MR) is 57.1 cm³/mol. The summed E-state index contributed by atoms with van der Waals surface area (Å²) in [7, 11) is -7.87. The van der Waals surface area contributed by atoms with E-state index in [1.54, 1.807) is 0 Å². The first-order valence-corrected chi connectivity index (χ1v) is 7.29. The van der Waals surface area contributed by atoms with Gasteiger partial charge in [-0.05, 0) is 0 Å². The molecule has 0 amide bonds. The minimum atomic E-state index is -4.71. The first-order valence-electron chi connectivity index (χ1n) is 2.10. The summed E-state index contributed by atoms with van der Waals surface area (Å²) in [6.45, 7) is 0. The Bertz CT molecular complexity index is 302. The van der Waals surface area contributed by atoms with Crippen LogP contribution in [-0.4, -0.2) is 86.1 Å². The topological polar surface area (TPSA) is 207 Å². The number of hydrogen-bond acceptors (Lipinski definition) is 5. The summed E-state index contributed by atoms with van der Waals surface area (Å²) in [4.78, 5) is 0. The Labute approximate surface area is 130 Å². The third kappa shape index (κ3) is 58.2. The zero-order chi connectivity index (χ0) is 13.2. The van der Waals surface area contributed by atoms with E-state index in [1.165, 1.54) is 0 Å². The molecule has 0 saturated heterocycles. The molecule has 100 valence electrons. The first-order chi connectivity index (χ1) is 6.41. The predicted octanol–water partition coefficient (Wildman–Crippen LogP) is -1.78. The number of rotatable bonds is 1. The molecule has 0 rings (SSSR count). The van der Waals surface area contributed by atoms with Crippen LogP contribution >= 0.6 is 0 Å². The van der Waals surface area contributed by atoms with E-state index in [-0.39, 0.29) is 40.6 Å². The van der Waals surface area contributed by atoms with E-state index in [4.69, 9.17) is 35.7 Å². The Morgan fingerprint density at radius 3 is 0.875 bits per heavy atom. The van der Waals surface area contributed by atoms with Gasteiger partial charge in [-0.2, -0.15) is 16.8 Å². The summed E-state index contributed by atoms with van der Waals surface area (Å²) in [6, 6.07) is 0. The van der Waals surface area contributed by atoms with Crippen LogP contribution in [0, 0.1) is 0 Å². The van der Waals surface area contributed by atoms with Gasteiger partial charge in [-0.15, -0.1) is 0 Å². The van der Waals surface area contributed by atoms with E-state index in [0.29, 0.717) is 0 Å². The molecule has 0 bridgehead atoms. The van der Waals surface area contributed by atoms with E-state index in [2.05, 4.69) is 0 Å². The van der Waals surface area contributed by atoms with Crippen LogP contribution in [0.25, 0.3) is 0 Å². The Balaban J connectivity index is -0.0000000292. The summed E-state index contributed by atoms with van der Waals surface area (Å²) in [6.07, 6.45) is 0. The second kappa shape index (κ2) is 14.5. The molecule has 16 heavy (non-hydrogen) atoms. The fourth-order valence-electron chi connectivity index (χ4n) is 0. The molecule has 0 heterocycles. The average Bonchev–Trinajstić information content (AvgIpc) is 1.80. The fraction of sp³-hybridized carbons (Fsp3) is 0. The molecule has 1 atom stereocenters. The third-order valence-electron chi connectivity index (χ3n) is 0.180. The molecule has 0 aromatic carbocycles. The van der Waals surface area contributed by atoms with Gasteiger partial charge in [-0.1, -0.05) is 0 Å². The maximum atomic E-state index is 9.34. The van der Waals surface area contributed by atoms with E-state index in [9.17, 15) is 12.6 Å². The molecule has 0 aliphatic rings. The molecule has 11 nitrogen and oxygen atoms in total. The van der Waals surface area contributed by atoms with Crippen molar-refractivity contribution < 1.29 is 51.2 Å². The maximum absolute atomic E-state index is 9.34. The van der Waals surface area contributed by atoms with Gasteiger partial charge in [0.05, 0.1) is 0 Å². The van der Waals surface area contributed by atoms with Crippen molar-refractivity contribution >= 4 is 79.7 Å². The van der Waals surface area contributed by atoms with Crippen molar-refractivity contribution in [3.8, 4) is 0 Å². The minimum absolute atomic E-state index is 0. The Hall–Kier alpha value is 1.42. The molecule has 0 aliphatic heterocycles. The molecule has 0 fully saturated rings. The van der Waals surface area contributed by atoms with Gasteiger partial charge >= 0.3 is 57.0 Å². The second-order valence-electron chi connectivity index (χ2n) is 1.11. The van der Waals surface area contributed by atoms with Gasteiger partial charge in [0.2, 0.25) is 0 Å². The molecular formula is H8CaO11S4. The standard InChI is InChI=1S/Ca.H2O5S2.2H2O3S.2H/c;1-6(2)7(3,4)5;2*1-4(2)3;;/h;(H,1,2)(H,3,4,5);2*(H2,1,2,3);;/q+2;;;;2*-1. The van der Waals surface area contributed by atoms with E-state index < -0.39 is 42.0 Å². The van der Waals surface area contributed by atoms with Gasteiger partial charge in [0, 0.05) is 0 Å². The molecule has 0 radical (unpaired) electrons. The number of hydrogen-bond donors (Lipinski definition) is 6. The monoisotopic (exact) mass is 352 g/mol. The minimum Gasteiger partial charge on any atom is -1.00 e. The molecule has 16 heteroatoms. The van der Waals surface area contributed by atoms with Gasteiger partial charge < -0.3 is 2.85 Å². The van der Waals surface area contributed by atoms with Crippen LogP contribution in [0.1, 0.15) is 2.85 Å². The summed E-state index contributed by atoms with van der Waals surface area (Å²) in [5.41, 5.74) is 0. The van der Waals surface area contributed by atoms with Crippen molar-refractivity contribution in [3.05, 3.63) is 0 Å². The summed E-state index contributed by atoms with van der Waals surface area (Å²) in [5.74, 6) is 0. The van der Waals surface area contributed by atoms with Gasteiger partial charge in [0.15, 0.2) is 0 Å². The maximum Gasteiger partial charge on any atom is 2.00 e. The molecular weight excluding hydrogens is 344 g/mol. The molecule has 0 spiro atoms. The summed E-state index contributed by atoms with van der Waals surface area (Å²) < 4.78 is 88.7. The molecule has 0 aromatic heterocycles. The van der Waals surface area contributed by atoms with E-state index in [0.717, 1.165) is 0 Å². The zero-order valence-corrected chi connectivity index (χ0v) is 12.5.